The third kappa shape index (κ3) is 4.67. The fourth-order valence-corrected chi connectivity index (χ4v) is 2.55. The molecule has 4 heteroatoms. The van der Waals surface area contributed by atoms with Crippen molar-refractivity contribution in [2.24, 2.45) is 11.3 Å². The van der Waals surface area contributed by atoms with Gasteiger partial charge in [-0.15, -0.1) is 0 Å². The first kappa shape index (κ1) is 20.4. The lowest BCUT2D eigenvalue weighted by atomic mass is 9.71. The molecule has 0 bridgehead atoms. The highest BCUT2D eigenvalue weighted by atomic mass is 16.3. The van der Waals surface area contributed by atoms with Gasteiger partial charge >= 0.3 is 0 Å². The van der Waals surface area contributed by atoms with Crippen molar-refractivity contribution in [3.63, 3.8) is 0 Å². The highest BCUT2D eigenvalue weighted by molar-refractivity contribution is 5.87. The van der Waals surface area contributed by atoms with Gasteiger partial charge in [-0.25, -0.2) is 0 Å². The van der Waals surface area contributed by atoms with Crippen LogP contribution in [0.15, 0.2) is 24.3 Å². The molecule has 134 valence electrons. The van der Waals surface area contributed by atoms with Crippen molar-refractivity contribution in [3.05, 3.63) is 29.8 Å². The summed E-state index contributed by atoms with van der Waals surface area (Å²) < 4.78 is 0. The van der Waals surface area contributed by atoms with Crippen molar-refractivity contribution in [1.82, 2.24) is 5.32 Å². The molecule has 0 amide bonds. The van der Waals surface area contributed by atoms with E-state index < -0.39 is 11.0 Å². The van der Waals surface area contributed by atoms with Crippen LogP contribution in [0.1, 0.15) is 54.0 Å². The Hall–Kier alpha value is -1.68. The van der Waals surface area contributed by atoms with Gasteiger partial charge in [0.05, 0.1) is 6.04 Å². The molecule has 0 aromatic heterocycles. The van der Waals surface area contributed by atoms with E-state index >= 15 is 0 Å². The topological polar surface area (TPSA) is 66.4 Å². The largest absolute Gasteiger partial charge is 0.508 e. The predicted molar refractivity (Wildman–Crippen MR) is 97.1 cm³/mol. The van der Waals surface area contributed by atoms with Gasteiger partial charge in [-0.3, -0.25) is 9.59 Å². The molecule has 0 radical (unpaired) electrons. The van der Waals surface area contributed by atoms with Crippen LogP contribution < -0.4 is 5.32 Å². The maximum atomic E-state index is 12.7. The molecule has 0 aliphatic carbocycles. The molecule has 0 aliphatic rings. The van der Waals surface area contributed by atoms with Gasteiger partial charge in [0.25, 0.3) is 0 Å². The molecule has 1 atom stereocenters. The summed E-state index contributed by atoms with van der Waals surface area (Å²) in [5, 5.41) is 12.8. The number of hydrogen-bond acceptors (Lipinski definition) is 4. The van der Waals surface area contributed by atoms with E-state index in [0.29, 0.717) is 6.42 Å². The molecular formula is C20H31NO3. The van der Waals surface area contributed by atoms with E-state index in [0.717, 1.165) is 5.56 Å². The molecule has 1 aromatic rings. The Bertz CT molecular complexity index is 585. The molecule has 4 nitrogen and oxygen atoms in total. The van der Waals surface area contributed by atoms with Gasteiger partial charge in [0.2, 0.25) is 0 Å². The number of benzene rings is 1. The van der Waals surface area contributed by atoms with E-state index in [2.05, 4.69) is 5.32 Å². The van der Waals surface area contributed by atoms with Crippen LogP contribution in [0.5, 0.6) is 5.75 Å². The molecule has 0 aliphatic heterocycles. The molecule has 2 N–H and O–H groups in total. The van der Waals surface area contributed by atoms with Crippen molar-refractivity contribution in [1.29, 1.82) is 0 Å². The van der Waals surface area contributed by atoms with E-state index in [1.165, 1.54) is 0 Å². The number of nitrogens with one attached hydrogen (secondary N) is 1. The number of carbonyl (C=O) groups is 2. The number of Topliss-reactive ketones (excluding diaryl/α,β-unsaturated/α-hetero) is 2. The average molecular weight is 333 g/mol. The van der Waals surface area contributed by atoms with Crippen molar-refractivity contribution in [3.8, 4) is 5.75 Å². The third-order valence-electron chi connectivity index (χ3n) is 5.27. The minimum absolute atomic E-state index is 0.0837. The van der Waals surface area contributed by atoms with E-state index in [1.54, 1.807) is 19.1 Å². The lowest BCUT2D eigenvalue weighted by Crippen LogP contribution is -2.60. The number of aromatic hydroxyl groups is 1. The summed E-state index contributed by atoms with van der Waals surface area (Å²) in [7, 11) is 0. The minimum atomic E-state index is -0.600. The highest BCUT2D eigenvalue weighted by Crippen LogP contribution is 2.32. The van der Waals surface area contributed by atoms with E-state index in [9.17, 15) is 14.7 Å². The quantitative estimate of drug-likeness (QED) is 0.764. The zero-order chi connectivity index (χ0) is 18.7. The first-order valence-electron chi connectivity index (χ1n) is 8.49. The second-order valence-electron chi connectivity index (χ2n) is 7.93. The molecular weight excluding hydrogens is 302 g/mol. The SMILES string of the molecule is CC(=O)C(C)(C)C(C)(C)NC(Cc1ccc(O)cc1)C(=O)C(C)C. The molecule has 24 heavy (non-hydrogen) atoms. The number of carbonyl (C=O) groups excluding carboxylic acids is 2. The molecule has 1 rings (SSSR count). The second-order valence-corrected chi connectivity index (χ2v) is 7.93. The van der Waals surface area contributed by atoms with Crippen molar-refractivity contribution in [2.45, 2.75) is 66.5 Å². The van der Waals surface area contributed by atoms with Gasteiger partial charge in [0, 0.05) is 16.9 Å². The first-order chi connectivity index (χ1) is 10.9. The maximum Gasteiger partial charge on any atom is 0.152 e. The molecule has 1 aromatic carbocycles. The molecule has 1 unspecified atom stereocenters. The van der Waals surface area contributed by atoms with E-state index in [4.69, 9.17) is 0 Å². The Balaban J connectivity index is 3.08. The van der Waals surface area contributed by atoms with Gasteiger partial charge in [-0.05, 0) is 44.9 Å². The Morgan fingerprint density at radius 1 is 1.08 bits per heavy atom. The summed E-state index contributed by atoms with van der Waals surface area (Å²) in [4.78, 5) is 24.7. The van der Waals surface area contributed by atoms with Crippen molar-refractivity contribution in [2.75, 3.05) is 0 Å². The molecule has 0 fully saturated rings. The summed E-state index contributed by atoms with van der Waals surface area (Å²) in [6, 6.07) is 6.50. The minimum Gasteiger partial charge on any atom is -0.508 e. The Kier molecular flexibility index (Phi) is 6.34. The lowest BCUT2D eigenvalue weighted by Gasteiger charge is -2.43. The second kappa shape index (κ2) is 7.47. The molecule has 0 heterocycles. The van der Waals surface area contributed by atoms with Crippen molar-refractivity contribution < 1.29 is 14.7 Å². The van der Waals surface area contributed by atoms with Gasteiger partial charge in [-0.2, -0.15) is 0 Å². The summed E-state index contributed by atoms with van der Waals surface area (Å²) in [6.45, 7) is 13.1. The molecule has 0 spiro atoms. The number of rotatable bonds is 8. The third-order valence-corrected chi connectivity index (χ3v) is 5.27. The van der Waals surface area contributed by atoms with Crippen LogP contribution in [-0.2, 0) is 16.0 Å². The van der Waals surface area contributed by atoms with E-state index in [-0.39, 0.29) is 29.3 Å². The van der Waals surface area contributed by atoms with Crippen LogP contribution in [-0.4, -0.2) is 28.3 Å². The standard InChI is InChI=1S/C20H31NO3/c1-13(2)18(24)17(12-15-8-10-16(23)11-9-15)21-20(6,7)19(4,5)14(3)22/h8-11,13,17,21,23H,12H2,1-7H3. The van der Waals surface area contributed by atoms with Crippen LogP contribution in [0.2, 0.25) is 0 Å². The average Bonchev–Trinajstić information content (AvgIpc) is 2.47. The van der Waals surface area contributed by atoms with Gasteiger partial charge in [0.1, 0.15) is 11.5 Å². The van der Waals surface area contributed by atoms with Crippen LogP contribution in [0.3, 0.4) is 0 Å². The lowest BCUT2D eigenvalue weighted by molar-refractivity contribution is -0.131. The summed E-state index contributed by atoms with van der Waals surface area (Å²) in [5.41, 5.74) is -0.168. The number of phenolic OH excluding ortho intramolecular Hbond substituents is 1. The summed E-state index contributed by atoms with van der Waals surface area (Å²) in [5.74, 6) is 0.309. The van der Waals surface area contributed by atoms with Crippen LogP contribution in [0.25, 0.3) is 0 Å². The summed E-state index contributed by atoms with van der Waals surface area (Å²) >= 11 is 0. The molecule has 0 saturated carbocycles. The number of ketones is 2. The smallest absolute Gasteiger partial charge is 0.152 e. The van der Waals surface area contributed by atoms with Gasteiger partial charge in [-0.1, -0.05) is 39.8 Å². The zero-order valence-corrected chi connectivity index (χ0v) is 15.9. The monoisotopic (exact) mass is 333 g/mol. The van der Waals surface area contributed by atoms with Gasteiger partial charge < -0.3 is 10.4 Å². The van der Waals surface area contributed by atoms with Crippen LogP contribution in [0.4, 0.5) is 0 Å². The van der Waals surface area contributed by atoms with E-state index in [1.807, 2.05) is 53.7 Å². The maximum absolute atomic E-state index is 12.7. The summed E-state index contributed by atoms with van der Waals surface area (Å²) in [6.07, 6.45) is 0.523. The Morgan fingerprint density at radius 3 is 2.00 bits per heavy atom. The van der Waals surface area contributed by atoms with Crippen molar-refractivity contribution >= 4 is 11.6 Å². The van der Waals surface area contributed by atoms with Crippen LogP contribution >= 0.6 is 0 Å². The normalized spacial score (nSPS) is 13.8. The van der Waals surface area contributed by atoms with Crippen LogP contribution in [0, 0.1) is 11.3 Å². The highest BCUT2D eigenvalue weighted by Gasteiger charge is 2.43. The van der Waals surface area contributed by atoms with Gasteiger partial charge in [0.15, 0.2) is 5.78 Å². The fraction of sp³-hybridized carbons (Fsp3) is 0.600. The Morgan fingerprint density at radius 2 is 1.58 bits per heavy atom. The zero-order valence-electron chi connectivity index (χ0n) is 15.9. The number of hydrogen-bond donors (Lipinski definition) is 2. The number of phenols is 1. The predicted octanol–water partition coefficient (Wildman–Crippen LogP) is 3.51. The fourth-order valence-electron chi connectivity index (χ4n) is 2.55. The Labute approximate surface area is 145 Å². The molecule has 0 saturated heterocycles. The first-order valence-corrected chi connectivity index (χ1v) is 8.49.